The Morgan fingerprint density at radius 1 is 1.39 bits per heavy atom. The van der Waals surface area contributed by atoms with Crippen LogP contribution in [0.2, 0.25) is 0 Å². The van der Waals surface area contributed by atoms with Crippen LogP contribution in [0.25, 0.3) is 0 Å². The minimum Gasteiger partial charge on any atom is -0.462 e. The molecule has 7 heteroatoms. The molecule has 0 radical (unpaired) electrons. The third-order valence-electron chi connectivity index (χ3n) is 4.07. The fourth-order valence-electron chi connectivity index (χ4n) is 2.71. The standard InChI is InChI=1S/C16H24N2O4S/c1-4-22-16(19)13-7-5-9-15(11-13)23(20,21)18-10-6-8-14(12-18)17(2)3/h5,7,9,11,14H,4,6,8,10,12H2,1-3H3/t14-/m0/s1. The monoisotopic (exact) mass is 340 g/mol. The third-order valence-corrected chi connectivity index (χ3v) is 5.93. The van der Waals surface area contributed by atoms with Crippen molar-refractivity contribution >= 4 is 16.0 Å². The van der Waals surface area contributed by atoms with Crippen LogP contribution in [-0.4, -0.2) is 63.4 Å². The Bertz CT molecular complexity index is 658. The first kappa shape index (κ1) is 17.9. The first-order valence-corrected chi connectivity index (χ1v) is 9.24. The zero-order chi connectivity index (χ0) is 17.0. The van der Waals surface area contributed by atoms with Gasteiger partial charge in [-0.2, -0.15) is 4.31 Å². The molecule has 1 aliphatic rings. The van der Waals surface area contributed by atoms with Crippen molar-refractivity contribution in [3.05, 3.63) is 29.8 Å². The first-order valence-electron chi connectivity index (χ1n) is 7.80. The summed E-state index contributed by atoms with van der Waals surface area (Å²) in [6.07, 6.45) is 1.82. The maximum absolute atomic E-state index is 12.8. The Kier molecular flexibility index (Phi) is 5.78. The molecule has 23 heavy (non-hydrogen) atoms. The Morgan fingerprint density at radius 2 is 2.13 bits per heavy atom. The van der Waals surface area contributed by atoms with Gasteiger partial charge >= 0.3 is 5.97 Å². The zero-order valence-electron chi connectivity index (χ0n) is 13.9. The van der Waals surface area contributed by atoms with Crippen molar-refractivity contribution in [2.45, 2.75) is 30.7 Å². The topological polar surface area (TPSA) is 66.9 Å². The molecule has 0 N–H and O–H groups in total. The molecular weight excluding hydrogens is 316 g/mol. The molecule has 0 aliphatic carbocycles. The maximum atomic E-state index is 12.8. The Morgan fingerprint density at radius 3 is 2.78 bits per heavy atom. The predicted molar refractivity (Wildman–Crippen MR) is 87.9 cm³/mol. The van der Waals surface area contributed by atoms with Gasteiger partial charge in [0.2, 0.25) is 10.0 Å². The van der Waals surface area contributed by atoms with E-state index in [4.69, 9.17) is 4.74 Å². The Hall–Kier alpha value is -1.44. The van der Waals surface area contributed by atoms with Crippen molar-refractivity contribution in [3.8, 4) is 0 Å². The second-order valence-electron chi connectivity index (χ2n) is 5.87. The van der Waals surface area contributed by atoms with Gasteiger partial charge in [0.15, 0.2) is 0 Å². The normalized spacial score (nSPS) is 19.7. The third kappa shape index (κ3) is 4.10. The van der Waals surface area contributed by atoms with Gasteiger partial charge in [-0.1, -0.05) is 6.07 Å². The van der Waals surface area contributed by atoms with Crippen molar-refractivity contribution in [1.29, 1.82) is 0 Å². The van der Waals surface area contributed by atoms with Crippen LogP contribution >= 0.6 is 0 Å². The van der Waals surface area contributed by atoms with Gasteiger partial charge in [-0.15, -0.1) is 0 Å². The second kappa shape index (κ2) is 7.42. The number of ether oxygens (including phenoxy) is 1. The lowest BCUT2D eigenvalue weighted by Gasteiger charge is -2.35. The van der Waals surface area contributed by atoms with Gasteiger partial charge < -0.3 is 9.64 Å². The molecule has 2 rings (SSSR count). The largest absolute Gasteiger partial charge is 0.462 e. The van der Waals surface area contributed by atoms with Crippen molar-refractivity contribution in [2.75, 3.05) is 33.8 Å². The minimum atomic E-state index is -3.60. The minimum absolute atomic E-state index is 0.141. The van der Waals surface area contributed by atoms with Gasteiger partial charge in [0.1, 0.15) is 0 Å². The summed E-state index contributed by atoms with van der Waals surface area (Å²) in [6, 6.07) is 6.28. The number of sulfonamides is 1. The van der Waals surface area contributed by atoms with Crippen molar-refractivity contribution < 1.29 is 17.9 Å². The summed E-state index contributed by atoms with van der Waals surface area (Å²) >= 11 is 0. The average Bonchev–Trinajstić information content (AvgIpc) is 2.55. The number of benzene rings is 1. The number of esters is 1. The van der Waals surface area contributed by atoms with Crippen LogP contribution in [0, 0.1) is 0 Å². The lowest BCUT2D eigenvalue weighted by molar-refractivity contribution is 0.0526. The number of piperidine rings is 1. The van der Waals surface area contributed by atoms with Gasteiger partial charge in [0, 0.05) is 19.1 Å². The highest BCUT2D eigenvalue weighted by atomic mass is 32.2. The predicted octanol–water partition coefficient (Wildman–Crippen LogP) is 1.58. The van der Waals surface area contributed by atoms with Crippen LogP contribution in [0.15, 0.2) is 29.2 Å². The van der Waals surface area contributed by atoms with Crippen LogP contribution in [0.5, 0.6) is 0 Å². The summed E-state index contributed by atoms with van der Waals surface area (Å²) in [7, 11) is 0.320. The van der Waals surface area contributed by atoms with Crippen molar-refractivity contribution in [3.63, 3.8) is 0 Å². The molecule has 1 aliphatic heterocycles. The number of hydrogen-bond acceptors (Lipinski definition) is 5. The number of carbonyl (C=O) groups excluding carboxylic acids is 1. The van der Waals surface area contributed by atoms with E-state index in [1.165, 1.54) is 16.4 Å². The van der Waals surface area contributed by atoms with Gasteiger partial charge in [-0.3, -0.25) is 0 Å². The summed E-state index contributed by atoms with van der Waals surface area (Å²) in [5.41, 5.74) is 0.258. The highest BCUT2D eigenvalue weighted by Gasteiger charge is 2.31. The van der Waals surface area contributed by atoms with Crippen LogP contribution in [-0.2, 0) is 14.8 Å². The fraction of sp³-hybridized carbons (Fsp3) is 0.562. The van der Waals surface area contributed by atoms with Gasteiger partial charge in [-0.05, 0) is 52.1 Å². The van der Waals surface area contributed by atoms with E-state index in [1.807, 2.05) is 14.1 Å². The van der Waals surface area contributed by atoms with E-state index >= 15 is 0 Å². The van der Waals surface area contributed by atoms with Gasteiger partial charge in [0.25, 0.3) is 0 Å². The molecule has 0 unspecified atom stereocenters. The molecule has 1 aromatic rings. The fourth-order valence-corrected chi connectivity index (χ4v) is 4.27. The highest BCUT2D eigenvalue weighted by Crippen LogP contribution is 2.23. The van der Waals surface area contributed by atoms with Crippen molar-refractivity contribution in [1.82, 2.24) is 9.21 Å². The molecule has 0 bridgehead atoms. The molecular formula is C16H24N2O4S. The first-order chi connectivity index (χ1) is 10.9. The van der Waals surface area contributed by atoms with Crippen LogP contribution in [0.1, 0.15) is 30.1 Å². The molecule has 128 valence electrons. The van der Waals surface area contributed by atoms with E-state index in [1.54, 1.807) is 19.1 Å². The van der Waals surface area contributed by atoms with Crippen LogP contribution < -0.4 is 0 Å². The lowest BCUT2D eigenvalue weighted by atomic mass is 10.1. The summed E-state index contributed by atoms with van der Waals surface area (Å²) in [5.74, 6) is -0.505. The van der Waals surface area contributed by atoms with E-state index in [-0.39, 0.29) is 23.1 Å². The van der Waals surface area contributed by atoms with E-state index in [2.05, 4.69) is 4.90 Å². The Labute approximate surface area is 138 Å². The summed E-state index contributed by atoms with van der Waals surface area (Å²) in [5, 5.41) is 0. The highest BCUT2D eigenvalue weighted by molar-refractivity contribution is 7.89. The number of nitrogens with zero attached hydrogens (tertiary/aromatic N) is 2. The quantitative estimate of drug-likeness (QED) is 0.761. The summed E-state index contributed by atoms with van der Waals surface area (Å²) in [6.45, 7) is 2.95. The molecule has 1 heterocycles. The van der Waals surface area contributed by atoms with Gasteiger partial charge in [-0.25, -0.2) is 13.2 Å². The molecule has 1 aromatic carbocycles. The Balaban J connectivity index is 2.25. The zero-order valence-corrected chi connectivity index (χ0v) is 14.7. The molecule has 0 spiro atoms. The molecule has 0 amide bonds. The molecule has 1 fully saturated rings. The number of rotatable bonds is 5. The molecule has 1 atom stereocenters. The molecule has 0 saturated carbocycles. The van der Waals surface area contributed by atoms with Crippen LogP contribution in [0.3, 0.4) is 0 Å². The van der Waals surface area contributed by atoms with Crippen molar-refractivity contribution in [2.24, 2.45) is 0 Å². The molecule has 0 aromatic heterocycles. The maximum Gasteiger partial charge on any atom is 0.338 e. The van der Waals surface area contributed by atoms with E-state index in [0.717, 1.165) is 12.8 Å². The van der Waals surface area contributed by atoms with Gasteiger partial charge in [0.05, 0.1) is 17.1 Å². The molecule has 1 saturated heterocycles. The number of likely N-dealkylation sites (N-methyl/N-ethyl adjacent to an activating group) is 1. The summed E-state index contributed by atoms with van der Waals surface area (Å²) < 4.78 is 32.1. The number of hydrogen-bond donors (Lipinski definition) is 0. The van der Waals surface area contributed by atoms with E-state index < -0.39 is 16.0 Å². The van der Waals surface area contributed by atoms with Crippen LogP contribution in [0.4, 0.5) is 0 Å². The van der Waals surface area contributed by atoms with E-state index in [0.29, 0.717) is 13.1 Å². The number of carbonyl (C=O) groups is 1. The average molecular weight is 340 g/mol. The summed E-state index contributed by atoms with van der Waals surface area (Å²) in [4.78, 5) is 14.0. The smallest absolute Gasteiger partial charge is 0.338 e. The SMILES string of the molecule is CCOC(=O)c1cccc(S(=O)(=O)N2CCC[C@H](N(C)C)C2)c1. The second-order valence-corrected chi connectivity index (χ2v) is 7.81. The molecule has 6 nitrogen and oxygen atoms in total. The van der Waals surface area contributed by atoms with E-state index in [9.17, 15) is 13.2 Å². The lowest BCUT2D eigenvalue weighted by Crippen LogP contribution is -2.47.